The van der Waals surface area contributed by atoms with Crippen molar-refractivity contribution in [2.24, 2.45) is 0 Å². The van der Waals surface area contributed by atoms with Gasteiger partial charge in [0, 0.05) is 56.9 Å². The third-order valence-electron chi connectivity index (χ3n) is 10.6. The smallest absolute Gasteiger partial charge is 0.410 e. The Morgan fingerprint density at radius 3 is 2.34 bits per heavy atom. The Bertz CT molecular complexity index is 1430. The molecule has 0 saturated carbocycles. The van der Waals surface area contributed by atoms with Gasteiger partial charge >= 0.3 is 12.1 Å². The molecule has 0 spiro atoms. The second kappa shape index (κ2) is 15.0. The van der Waals surface area contributed by atoms with Gasteiger partial charge < -0.3 is 34.8 Å². The molecule has 4 aliphatic rings. The van der Waals surface area contributed by atoms with Crippen LogP contribution in [0.2, 0.25) is 6.82 Å². The molecule has 0 unspecified atom stereocenters. The Labute approximate surface area is 279 Å². The van der Waals surface area contributed by atoms with Crippen molar-refractivity contribution in [3.05, 3.63) is 53.1 Å². The number of piperidine rings is 3. The predicted octanol–water partition coefficient (Wildman–Crippen LogP) is 4.16. The highest BCUT2D eigenvalue weighted by molar-refractivity contribution is 6.53. The molecule has 2 N–H and O–H groups in total. The van der Waals surface area contributed by atoms with Gasteiger partial charge in [0.05, 0.1) is 0 Å². The Kier molecular flexibility index (Phi) is 10.6. The van der Waals surface area contributed by atoms with E-state index in [4.69, 9.17) is 4.74 Å². The molecule has 0 aliphatic carbocycles. The quantitative estimate of drug-likeness (QED) is 0.440. The number of fused-ring (bicyclic) bond motifs is 1. The average Bonchev–Trinajstić information content (AvgIpc) is 3.27. The van der Waals surface area contributed by atoms with Crippen LogP contribution in [0.15, 0.2) is 36.4 Å². The van der Waals surface area contributed by atoms with E-state index in [-0.39, 0.29) is 30.2 Å². The molecule has 0 aromatic heterocycles. The van der Waals surface area contributed by atoms with Crippen LogP contribution in [0.25, 0.3) is 0 Å². The molecule has 11 heteroatoms. The van der Waals surface area contributed by atoms with Gasteiger partial charge in [-0.3, -0.25) is 4.79 Å². The van der Waals surface area contributed by atoms with Crippen LogP contribution in [0.5, 0.6) is 5.75 Å². The number of anilines is 1. The number of urea groups is 1. The lowest BCUT2D eigenvalue weighted by Crippen LogP contribution is -2.53. The summed E-state index contributed by atoms with van der Waals surface area (Å²) in [6, 6.07) is 12.1. The van der Waals surface area contributed by atoms with Gasteiger partial charge in [0.1, 0.15) is 5.75 Å². The molecule has 1 atom stereocenters. The summed E-state index contributed by atoms with van der Waals surface area (Å²) in [7, 11) is 1.84. The molecule has 2 aromatic rings. The van der Waals surface area contributed by atoms with Crippen molar-refractivity contribution in [3.8, 4) is 5.75 Å². The molecular formula is C36H49BN5O5. The van der Waals surface area contributed by atoms with Gasteiger partial charge in [0.15, 0.2) is 13.4 Å². The lowest BCUT2D eigenvalue weighted by Gasteiger charge is -2.41. The Hall–Kier alpha value is -3.73. The van der Waals surface area contributed by atoms with E-state index in [0.717, 1.165) is 54.7 Å². The van der Waals surface area contributed by atoms with E-state index in [1.807, 2.05) is 67.2 Å². The number of phenols is 1. The first-order chi connectivity index (χ1) is 22.8. The SMILES string of the molecule is C[B]c1cc(C[C@@H](OC(=O)N2CCC(N3CCc4ccccc4NC3=O)CC2)C(=O)N2CCC(N3CCCCC3)CC2)cc(C)c1O. The number of rotatable bonds is 7. The van der Waals surface area contributed by atoms with Crippen molar-refractivity contribution in [2.45, 2.75) is 89.7 Å². The van der Waals surface area contributed by atoms with Gasteiger partial charge in [-0.2, -0.15) is 0 Å². The molecular weight excluding hydrogens is 593 g/mol. The molecule has 47 heavy (non-hydrogen) atoms. The maximum atomic E-state index is 14.0. The second-order valence-electron chi connectivity index (χ2n) is 13.6. The highest BCUT2D eigenvalue weighted by Gasteiger charge is 2.36. The monoisotopic (exact) mass is 642 g/mol. The fourth-order valence-corrected chi connectivity index (χ4v) is 7.85. The minimum Gasteiger partial charge on any atom is -0.508 e. The van der Waals surface area contributed by atoms with Crippen molar-refractivity contribution in [1.82, 2.24) is 19.6 Å². The van der Waals surface area contributed by atoms with E-state index < -0.39 is 12.2 Å². The van der Waals surface area contributed by atoms with Gasteiger partial charge in [-0.15, -0.1) is 0 Å². The van der Waals surface area contributed by atoms with Gasteiger partial charge in [-0.25, -0.2) is 9.59 Å². The zero-order valence-electron chi connectivity index (χ0n) is 28.0. The fraction of sp³-hybridized carbons (Fsp3) is 0.583. The fourth-order valence-electron chi connectivity index (χ4n) is 7.85. The number of hydrogen-bond donors (Lipinski definition) is 2. The summed E-state index contributed by atoms with van der Waals surface area (Å²) < 4.78 is 6.08. The van der Waals surface area contributed by atoms with Crippen molar-refractivity contribution in [3.63, 3.8) is 0 Å². The number of para-hydroxylation sites is 1. The van der Waals surface area contributed by atoms with Crippen LogP contribution < -0.4 is 10.8 Å². The number of benzene rings is 2. The number of nitrogens with zero attached hydrogens (tertiary/aromatic N) is 4. The van der Waals surface area contributed by atoms with E-state index in [0.29, 0.717) is 57.1 Å². The van der Waals surface area contributed by atoms with Gasteiger partial charge in [-0.05, 0) is 93.2 Å². The van der Waals surface area contributed by atoms with Gasteiger partial charge in [0.2, 0.25) is 0 Å². The lowest BCUT2D eigenvalue weighted by atomic mass is 9.71. The minimum absolute atomic E-state index is 0.0238. The molecule has 251 valence electrons. The summed E-state index contributed by atoms with van der Waals surface area (Å²) in [4.78, 5) is 48.8. The van der Waals surface area contributed by atoms with E-state index in [1.54, 1.807) is 4.90 Å². The Morgan fingerprint density at radius 1 is 0.936 bits per heavy atom. The molecule has 3 saturated heterocycles. The summed E-state index contributed by atoms with van der Waals surface area (Å²) in [5.41, 5.74) is 4.25. The van der Waals surface area contributed by atoms with E-state index in [2.05, 4.69) is 10.2 Å². The molecule has 6 rings (SSSR count). The number of carbonyl (C=O) groups is 3. The van der Waals surface area contributed by atoms with E-state index in [1.165, 1.54) is 19.3 Å². The van der Waals surface area contributed by atoms with E-state index >= 15 is 0 Å². The van der Waals surface area contributed by atoms with Gasteiger partial charge in [0.25, 0.3) is 5.91 Å². The molecule has 3 fully saturated rings. The van der Waals surface area contributed by atoms with Crippen LogP contribution in [-0.2, 0) is 22.4 Å². The summed E-state index contributed by atoms with van der Waals surface area (Å²) >= 11 is 0. The summed E-state index contributed by atoms with van der Waals surface area (Å²) in [6.07, 6.45) is 6.52. The maximum absolute atomic E-state index is 14.0. The van der Waals surface area contributed by atoms with Crippen LogP contribution in [0.3, 0.4) is 0 Å². The zero-order chi connectivity index (χ0) is 32.9. The minimum atomic E-state index is -0.963. The maximum Gasteiger partial charge on any atom is 0.410 e. The number of ether oxygens (including phenoxy) is 1. The number of nitrogens with one attached hydrogen (secondary N) is 1. The third kappa shape index (κ3) is 7.72. The van der Waals surface area contributed by atoms with Crippen molar-refractivity contribution < 1.29 is 24.2 Å². The number of carbonyl (C=O) groups excluding carboxylic acids is 3. The molecule has 0 bridgehead atoms. The average molecular weight is 643 g/mol. The summed E-state index contributed by atoms with van der Waals surface area (Å²) in [6.45, 7) is 8.84. The van der Waals surface area contributed by atoms with Crippen LogP contribution in [-0.4, -0.2) is 114 Å². The highest BCUT2D eigenvalue weighted by atomic mass is 16.6. The standard InChI is InChI=1S/C36H49BN5O5/c1-25-22-26(23-30(37-2)33(25)43)24-32(34(44)40-17-11-28(12-18-40)39-15-6-3-7-16-39)47-36(46)41-19-13-29(14-20-41)42-21-10-27-8-4-5-9-31(27)38-35(42)45/h4-5,8-9,22-23,28-29,32,43H,3,6-7,10-21,24H2,1-2H3,(H,38,45)/t32-/m1/s1. The first-order valence-electron chi connectivity index (χ1n) is 17.6. The Balaban J connectivity index is 1.10. The van der Waals surface area contributed by atoms with Crippen LogP contribution >= 0.6 is 0 Å². The normalized spacial score (nSPS) is 20.6. The van der Waals surface area contributed by atoms with Crippen LogP contribution in [0, 0.1) is 6.92 Å². The van der Waals surface area contributed by atoms with Crippen molar-refractivity contribution in [2.75, 3.05) is 51.1 Å². The first-order valence-corrected chi connectivity index (χ1v) is 17.6. The number of likely N-dealkylation sites (tertiary alicyclic amines) is 3. The molecule has 10 nitrogen and oxygen atoms in total. The third-order valence-corrected chi connectivity index (χ3v) is 10.6. The molecule has 2 aromatic carbocycles. The number of aromatic hydroxyl groups is 1. The predicted molar refractivity (Wildman–Crippen MR) is 184 cm³/mol. The number of hydrogen-bond acceptors (Lipinski definition) is 6. The highest BCUT2D eigenvalue weighted by Crippen LogP contribution is 2.26. The summed E-state index contributed by atoms with van der Waals surface area (Å²) in [5.74, 6) is 0.0691. The van der Waals surface area contributed by atoms with Crippen LogP contribution in [0.4, 0.5) is 15.3 Å². The largest absolute Gasteiger partial charge is 0.508 e. The zero-order valence-corrected chi connectivity index (χ0v) is 28.0. The lowest BCUT2D eigenvalue weighted by molar-refractivity contribution is -0.142. The number of phenolic OH excluding ortho intramolecular Hbond substituents is 1. The second-order valence-corrected chi connectivity index (χ2v) is 13.6. The van der Waals surface area contributed by atoms with Gasteiger partial charge in [-0.1, -0.05) is 43.6 Å². The molecule has 4 heterocycles. The molecule has 4 aliphatic heterocycles. The van der Waals surface area contributed by atoms with Crippen molar-refractivity contribution >= 4 is 36.5 Å². The van der Waals surface area contributed by atoms with Crippen molar-refractivity contribution in [1.29, 1.82) is 0 Å². The molecule has 4 amide bonds. The number of aryl methyl sites for hydroxylation is 1. The Morgan fingerprint density at radius 2 is 1.62 bits per heavy atom. The number of amides is 4. The topological polar surface area (TPSA) is 106 Å². The molecule has 1 radical (unpaired) electrons. The summed E-state index contributed by atoms with van der Waals surface area (Å²) in [5, 5.41) is 13.5. The first kappa shape index (κ1) is 33.2. The van der Waals surface area contributed by atoms with E-state index in [9.17, 15) is 19.5 Å². The van der Waals surface area contributed by atoms with Crippen LogP contribution in [0.1, 0.15) is 61.6 Å².